The van der Waals surface area contributed by atoms with Crippen LogP contribution in [-0.2, 0) is 9.53 Å². The Morgan fingerprint density at radius 2 is 1.50 bits per heavy atom. The summed E-state index contributed by atoms with van der Waals surface area (Å²) in [5.41, 5.74) is 0.0848. The van der Waals surface area contributed by atoms with Gasteiger partial charge in [0.2, 0.25) is 0 Å². The number of hydrogen-bond donors (Lipinski definition) is 1. The fourth-order valence-electron chi connectivity index (χ4n) is 5.69. The predicted molar refractivity (Wildman–Crippen MR) is 125 cm³/mol. The van der Waals surface area contributed by atoms with E-state index in [1.54, 1.807) is 6.92 Å². The molecule has 0 aromatic heterocycles. The van der Waals surface area contributed by atoms with Crippen molar-refractivity contribution in [1.29, 1.82) is 0 Å². The van der Waals surface area contributed by atoms with E-state index in [2.05, 4.69) is 13.5 Å². The Bertz CT molecular complexity index is 512. The summed E-state index contributed by atoms with van der Waals surface area (Å²) in [6.07, 6.45) is 19.1. The molecule has 2 rings (SSSR count). The number of esters is 1. The SMILES string of the molecule is C=C(C)C(=O)OCC(C)(CO)CCC1CCC(C2CCC(CCCCC)CC2)CC1. The van der Waals surface area contributed by atoms with Crippen molar-refractivity contribution in [3.8, 4) is 0 Å². The average Bonchev–Trinajstić information content (AvgIpc) is 2.77. The molecule has 0 aromatic rings. The molecule has 30 heavy (non-hydrogen) atoms. The predicted octanol–water partition coefficient (Wildman–Crippen LogP) is 7.08. The van der Waals surface area contributed by atoms with Crippen LogP contribution in [0, 0.1) is 29.1 Å². The zero-order valence-electron chi connectivity index (χ0n) is 20.1. The van der Waals surface area contributed by atoms with E-state index in [-0.39, 0.29) is 24.6 Å². The Morgan fingerprint density at radius 1 is 0.967 bits per heavy atom. The van der Waals surface area contributed by atoms with Gasteiger partial charge in [-0.05, 0) is 69.1 Å². The van der Waals surface area contributed by atoms with Crippen molar-refractivity contribution in [3.05, 3.63) is 12.2 Å². The number of hydrogen-bond acceptors (Lipinski definition) is 3. The molecule has 174 valence electrons. The Morgan fingerprint density at radius 3 is 1.97 bits per heavy atom. The third-order valence-electron chi connectivity index (χ3n) is 8.10. The summed E-state index contributed by atoms with van der Waals surface area (Å²) in [5, 5.41) is 9.85. The number of aliphatic hydroxyl groups is 1. The molecule has 2 aliphatic rings. The van der Waals surface area contributed by atoms with Crippen molar-refractivity contribution < 1.29 is 14.6 Å². The van der Waals surface area contributed by atoms with Gasteiger partial charge in [-0.15, -0.1) is 0 Å². The molecule has 0 aliphatic heterocycles. The van der Waals surface area contributed by atoms with Gasteiger partial charge in [-0.2, -0.15) is 0 Å². The number of ether oxygens (including phenoxy) is 1. The summed E-state index contributed by atoms with van der Waals surface area (Å²) in [6.45, 7) is 9.97. The molecule has 1 atom stereocenters. The van der Waals surface area contributed by atoms with Crippen LogP contribution in [0.4, 0.5) is 0 Å². The number of carbonyl (C=O) groups excluding carboxylic acids is 1. The van der Waals surface area contributed by atoms with Crippen LogP contribution in [0.1, 0.15) is 111 Å². The summed E-state index contributed by atoms with van der Waals surface area (Å²) in [5.74, 6) is 3.38. The molecular formula is C27H48O3. The highest BCUT2D eigenvalue weighted by Gasteiger charge is 2.32. The Hall–Kier alpha value is -0.830. The maximum Gasteiger partial charge on any atom is 0.333 e. The smallest absolute Gasteiger partial charge is 0.333 e. The molecule has 0 heterocycles. The molecule has 0 spiro atoms. The summed E-state index contributed by atoms with van der Waals surface area (Å²) in [6, 6.07) is 0. The van der Waals surface area contributed by atoms with Crippen molar-refractivity contribution in [1.82, 2.24) is 0 Å². The number of aliphatic hydroxyl groups excluding tert-OH is 1. The molecule has 3 heteroatoms. The quantitative estimate of drug-likeness (QED) is 0.208. The fourth-order valence-corrected chi connectivity index (χ4v) is 5.69. The lowest BCUT2D eigenvalue weighted by Gasteiger charge is -2.38. The van der Waals surface area contributed by atoms with Gasteiger partial charge in [-0.3, -0.25) is 0 Å². The molecule has 1 N–H and O–H groups in total. The second-order valence-corrected chi connectivity index (χ2v) is 10.9. The number of carbonyl (C=O) groups is 1. The van der Waals surface area contributed by atoms with Crippen molar-refractivity contribution in [2.75, 3.05) is 13.2 Å². The molecular weight excluding hydrogens is 372 g/mol. The minimum atomic E-state index is -0.352. The lowest BCUT2D eigenvalue weighted by molar-refractivity contribution is -0.143. The first-order valence-electron chi connectivity index (χ1n) is 12.8. The van der Waals surface area contributed by atoms with Crippen LogP contribution in [0.25, 0.3) is 0 Å². The molecule has 3 nitrogen and oxygen atoms in total. The van der Waals surface area contributed by atoms with Gasteiger partial charge in [0.25, 0.3) is 0 Å². The zero-order valence-corrected chi connectivity index (χ0v) is 20.1. The second-order valence-electron chi connectivity index (χ2n) is 10.9. The van der Waals surface area contributed by atoms with E-state index in [9.17, 15) is 9.90 Å². The summed E-state index contributed by atoms with van der Waals surface area (Å²) < 4.78 is 5.34. The molecule has 0 bridgehead atoms. The maximum absolute atomic E-state index is 11.7. The van der Waals surface area contributed by atoms with Crippen molar-refractivity contribution >= 4 is 5.97 Å². The van der Waals surface area contributed by atoms with Crippen LogP contribution in [-0.4, -0.2) is 24.3 Å². The van der Waals surface area contributed by atoms with Gasteiger partial charge in [-0.1, -0.05) is 71.8 Å². The van der Waals surface area contributed by atoms with Gasteiger partial charge in [0.15, 0.2) is 0 Å². The highest BCUT2D eigenvalue weighted by atomic mass is 16.5. The van der Waals surface area contributed by atoms with Crippen LogP contribution in [0.2, 0.25) is 0 Å². The fraction of sp³-hybridized carbons (Fsp3) is 0.889. The molecule has 0 amide bonds. The second kappa shape index (κ2) is 12.9. The monoisotopic (exact) mass is 420 g/mol. The standard InChI is InChI=1S/C27H48O3/c1-5-6-7-8-22-9-13-24(14-10-22)25-15-11-23(12-16-25)17-18-27(4,19-28)20-30-26(29)21(2)3/h22-25,28H,2,5-20H2,1,3-4H3. The van der Waals surface area contributed by atoms with Crippen molar-refractivity contribution in [2.24, 2.45) is 29.1 Å². The lowest BCUT2D eigenvalue weighted by Crippen LogP contribution is -2.31. The van der Waals surface area contributed by atoms with E-state index in [1.165, 1.54) is 77.0 Å². The Kier molecular flexibility index (Phi) is 10.9. The highest BCUT2D eigenvalue weighted by Crippen LogP contribution is 2.43. The van der Waals surface area contributed by atoms with Gasteiger partial charge in [0.1, 0.15) is 0 Å². The summed E-state index contributed by atoms with van der Waals surface area (Å²) in [7, 11) is 0. The molecule has 0 radical (unpaired) electrons. The van der Waals surface area contributed by atoms with Crippen LogP contribution >= 0.6 is 0 Å². The zero-order chi connectivity index (χ0) is 22.0. The minimum absolute atomic E-state index is 0.0628. The van der Waals surface area contributed by atoms with E-state index in [0.29, 0.717) is 5.57 Å². The van der Waals surface area contributed by atoms with E-state index in [4.69, 9.17) is 4.74 Å². The van der Waals surface area contributed by atoms with Gasteiger partial charge >= 0.3 is 5.97 Å². The van der Waals surface area contributed by atoms with E-state index >= 15 is 0 Å². The first kappa shape index (κ1) is 25.4. The van der Waals surface area contributed by atoms with E-state index in [1.807, 2.05) is 6.92 Å². The summed E-state index contributed by atoms with van der Waals surface area (Å²) >= 11 is 0. The largest absolute Gasteiger partial charge is 0.462 e. The van der Waals surface area contributed by atoms with Crippen molar-refractivity contribution in [3.63, 3.8) is 0 Å². The maximum atomic E-state index is 11.7. The molecule has 2 fully saturated rings. The number of unbranched alkanes of at least 4 members (excludes halogenated alkanes) is 2. The summed E-state index contributed by atoms with van der Waals surface area (Å²) in [4.78, 5) is 11.7. The minimum Gasteiger partial charge on any atom is -0.462 e. The van der Waals surface area contributed by atoms with Gasteiger partial charge in [0.05, 0.1) is 13.2 Å². The van der Waals surface area contributed by atoms with Crippen LogP contribution in [0.15, 0.2) is 12.2 Å². The van der Waals surface area contributed by atoms with Crippen molar-refractivity contribution in [2.45, 2.75) is 111 Å². The Balaban J connectivity index is 1.65. The number of rotatable bonds is 12. The van der Waals surface area contributed by atoms with Crippen LogP contribution < -0.4 is 0 Å². The van der Waals surface area contributed by atoms with Gasteiger partial charge < -0.3 is 9.84 Å². The first-order chi connectivity index (χ1) is 14.4. The van der Waals surface area contributed by atoms with E-state index in [0.717, 1.165) is 36.5 Å². The van der Waals surface area contributed by atoms with E-state index < -0.39 is 0 Å². The first-order valence-corrected chi connectivity index (χ1v) is 12.8. The third kappa shape index (κ3) is 8.36. The molecule has 2 saturated carbocycles. The van der Waals surface area contributed by atoms with Gasteiger partial charge in [0, 0.05) is 11.0 Å². The normalized spacial score (nSPS) is 29.2. The molecule has 0 saturated heterocycles. The molecule has 1 unspecified atom stereocenters. The van der Waals surface area contributed by atoms with Crippen LogP contribution in [0.5, 0.6) is 0 Å². The average molecular weight is 421 g/mol. The lowest BCUT2D eigenvalue weighted by atomic mass is 9.67. The molecule has 2 aliphatic carbocycles. The van der Waals surface area contributed by atoms with Gasteiger partial charge in [-0.25, -0.2) is 4.79 Å². The topological polar surface area (TPSA) is 46.5 Å². The molecule has 0 aromatic carbocycles. The third-order valence-corrected chi connectivity index (χ3v) is 8.10. The van der Waals surface area contributed by atoms with Crippen LogP contribution in [0.3, 0.4) is 0 Å². The Labute approximate surface area is 186 Å². The highest BCUT2D eigenvalue weighted by molar-refractivity contribution is 5.86.